The highest BCUT2D eigenvalue weighted by Gasteiger charge is 2.16. The Morgan fingerprint density at radius 3 is 3.00 bits per heavy atom. The zero-order valence-electron chi connectivity index (χ0n) is 10.6. The molecule has 0 amide bonds. The fraction of sp³-hybridized carbons (Fsp3) is 0.500. The minimum absolute atomic E-state index is 0.627. The number of ether oxygens (including phenoxy) is 1. The SMILES string of the molecule is COc1cccc2oc(CNC3CCCC3)nc12. The highest BCUT2D eigenvalue weighted by Crippen LogP contribution is 2.25. The Bertz CT molecular complexity index is 530. The summed E-state index contributed by atoms with van der Waals surface area (Å²) < 4.78 is 11.0. The average Bonchev–Trinajstić information content (AvgIpc) is 3.04. The molecule has 1 fully saturated rings. The van der Waals surface area contributed by atoms with Gasteiger partial charge in [-0.25, -0.2) is 4.98 Å². The Kier molecular flexibility index (Phi) is 3.19. The first-order chi connectivity index (χ1) is 8.86. The molecule has 4 heteroatoms. The Morgan fingerprint density at radius 1 is 1.39 bits per heavy atom. The van der Waals surface area contributed by atoms with Crippen molar-refractivity contribution in [1.29, 1.82) is 0 Å². The molecule has 1 aromatic heterocycles. The fourth-order valence-electron chi connectivity index (χ4n) is 2.57. The standard InChI is InChI=1S/C14H18N2O2/c1-17-11-7-4-8-12-14(11)16-13(18-12)9-15-10-5-2-3-6-10/h4,7-8,10,15H,2-3,5-6,9H2,1H3. The second kappa shape index (κ2) is 4.98. The predicted molar refractivity (Wildman–Crippen MR) is 69.7 cm³/mol. The monoisotopic (exact) mass is 246 g/mol. The molecule has 3 rings (SSSR count). The van der Waals surface area contributed by atoms with Crippen LogP contribution in [0.25, 0.3) is 11.1 Å². The molecule has 0 unspecified atom stereocenters. The zero-order chi connectivity index (χ0) is 12.4. The largest absolute Gasteiger partial charge is 0.494 e. The summed E-state index contributed by atoms with van der Waals surface area (Å²) in [6.07, 6.45) is 5.20. The van der Waals surface area contributed by atoms with E-state index < -0.39 is 0 Å². The van der Waals surface area contributed by atoms with Crippen LogP contribution in [0, 0.1) is 0 Å². The van der Waals surface area contributed by atoms with E-state index >= 15 is 0 Å². The Labute approximate surface area is 106 Å². The van der Waals surface area contributed by atoms with E-state index in [-0.39, 0.29) is 0 Å². The van der Waals surface area contributed by atoms with E-state index in [2.05, 4.69) is 10.3 Å². The van der Waals surface area contributed by atoms with Crippen molar-refractivity contribution in [3.05, 3.63) is 24.1 Å². The van der Waals surface area contributed by atoms with Gasteiger partial charge < -0.3 is 14.5 Å². The van der Waals surface area contributed by atoms with Gasteiger partial charge in [-0.1, -0.05) is 18.9 Å². The van der Waals surface area contributed by atoms with Crippen LogP contribution >= 0.6 is 0 Å². The van der Waals surface area contributed by atoms with E-state index in [1.54, 1.807) is 7.11 Å². The van der Waals surface area contributed by atoms with E-state index in [1.807, 2.05) is 18.2 Å². The number of fused-ring (bicyclic) bond motifs is 1. The van der Waals surface area contributed by atoms with E-state index in [4.69, 9.17) is 9.15 Å². The number of methoxy groups -OCH3 is 1. The van der Waals surface area contributed by atoms with Gasteiger partial charge in [0.25, 0.3) is 0 Å². The van der Waals surface area contributed by atoms with Crippen molar-refractivity contribution in [2.45, 2.75) is 38.3 Å². The van der Waals surface area contributed by atoms with Gasteiger partial charge in [0.2, 0.25) is 5.89 Å². The van der Waals surface area contributed by atoms with Crippen LogP contribution in [0.4, 0.5) is 0 Å². The smallest absolute Gasteiger partial charge is 0.209 e. The van der Waals surface area contributed by atoms with Crippen LogP contribution in [0.1, 0.15) is 31.6 Å². The summed E-state index contributed by atoms with van der Waals surface area (Å²) in [7, 11) is 1.65. The first-order valence-electron chi connectivity index (χ1n) is 6.52. The molecule has 1 heterocycles. The molecule has 96 valence electrons. The molecule has 1 aliphatic carbocycles. The number of oxazole rings is 1. The molecule has 1 aromatic carbocycles. The number of nitrogens with zero attached hydrogens (tertiary/aromatic N) is 1. The van der Waals surface area contributed by atoms with Crippen molar-refractivity contribution in [1.82, 2.24) is 10.3 Å². The molecule has 1 N–H and O–H groups in total. The maximum absolute atomic E-state index is 5.72. The summed E-state index contributed by atoms with van der Waals surface area (Å²) in [6.45, 7) is 0.697. The molecule has 1 saturated carbocycles. The minimum Gasteiger partial charge on any atom is -0.494 e. The first-order valence-corrected chi connectivity index (χ1v) is 6.52. The third-order valence-electron chi connectivity index (χ3n) is 3.54. The highest BCUT2D eigenvalue weighted by molar-refractivity contribution is 5.79. The van der Waals surface area contributed by atoms with Crippen LogP contribution in [0.3, 0.4) is 0 Å². The third-order valence-corrected chi connectivity index (χ3v) is 3.54. The normalized spacial score (nSPS) is 16.5. The lowest BCUT2D eigenvalue weighted by Crippen LogP contribution is -2.25. The molecule has 1 aliphatic rings. The average molecular weight is 246 g/mol. The second-order valence-electron chi connectivity index (χ2n) is 4.78. The number of aromatic nitrogens is 1. The summed E-state index contributed by atoms with van der Waals surface area (Å²) in [5.41, 5.74) is 1.60. The van der Waals surface area contributed by atoms with Crippen LogP contribution in [-0.4, -0.2) is 18.1 Å². The van der Waals surface area contributed by atoms with Gasteiger partial charge in [0.1, 0.15) is 5.75 Å². The maximum atomic E-state index is 5.72. The Hall–Kier alpha value is -1.55. The van der Waals surface area contributed by atoms with Crippen LogP contribution in [0.2, 0.25) is 0 Å². The van der Waals surface area contributed by atoms with Crippen molar-refractivity contribution in [2.75, 3.05) is 7.11 Å². The van der Waals surface area contributed by atoms with Crippen molar-refractivity contribution in [2.24, 2.45) is 0 Å². The number of hydrogen-bond acceptors (Lipinski definition) is 4. The quantitative estimate of drug-likeness (QED) is 0.901. The van der Waals surface area contributed by atoms with Crippen LogP contribution in [0.5, 0.6) is 5.75 Å². The van der Waals surface area contributed by atoms with Gasteiger partial charge in [-0.3, -0.25) is 0 Å². The summed E-state index contributed by atoms with van der Waals surface area (Å²) in [5.74, 6) is 1.50. The van der Waals surface area contributed by atoms with Gasteiger partial charge in [-0.2, -0.15) is 0 Å². The molecular weight excluding hydrogens is 228 g/mol. The molecule has 2 aromatic rings. The lowest BCUT2D eigenvalue weighted by molar-refractivity contribution is 0.419. The van der Waals surface area contributed by atoms with Gasteiger partial charge in [0, 0.05) is 6.04 Å². The van der Waals surface area contributed by atoms with Crippen LogP contribution in [-0.2, 0) is 6.54 Å². The lowest BCUT2D eigenvalue weighted by atomic mass is 10.2. The van der Waals surface area contributed by atoms with E-state index in [0.717, 1.165) is 22.7 Å². The maximum Gasteiger partial charge on any atom is 0.209 e. The molecule has 0 bridgehead atoms. The van der Waals surface area contributed by atoms with Crippen molar-refractivity contribution < 1.29 is 9.15 Å². The number of rotatable bonds is 4. The van der Waals surface area contributed by atoms with Gasteiger partial charge in [-0.05, 0) is 25.0 Å². The van der Waals surface area contributed by atoms with Crippen LogP contribution < -0.4 is 10.1 Å². The summed E-state index contributed by atoms with van der Waals surface area (Å²) >= 11 is 0. The molecule has 18 heavy (non-hydrogen) atoms. The van der Waals surface area contributed by atoms with E-state index in [9.17, 15) is 0 Å². The summed E-state index contributed by atoms with van der Waals surface area (Å²) in [5, 5.41) is 3.50. The fourth-order valence-corrected chi connectivity index (χ4v) is 2.57. The molecular formula is C14H18N2O2. The molecule has 0 atom stereocenters. The van der Waals surface area contributed by atoms with Crippen LogP contribution in [0.15, 0.2) is 22.6 Å². The first kappa shape index (κ1) is 11.5. The molecule has 0 radical (unpaired) electrons. The molecule has 0 saturated heterocycles. The summed E-state index contributed by atoms with van der Waals surface area (Å²) in [4.78, 5) is 4.49. The number of nitrogens with one attached hydrogen (secondary N) is 1. The molecule has 4 nitrogen and oxygen atoms in total. The van der Waals surface area contributed by atoms with Gasteiger partial charge in [0.05, 0.1) is 13.7 Å². The van der Waals surface area contributed by atoms with E-state index in [0.29, 0.717) is 12.6 Å². The van der Waals surface area contributed by atoms with Crippen molar-refractivity contribution in [3.63, 3.8) is 0 Å². The summed E-state index contributed by atoms with van der Waals surface area (Å²) in [6, 6.07) is 6.37. The Balaban J connectivity index is 1.76. The highest BCUT2D eigenvalue weighted by atomic mass is 16.5. The van der Waals surface area contributed by atoms with Crippen molar-refractivity contribution in [3.8, 4) is 5.75 Å². The third kappa shape index (κ3) is 2.20. The van der Waals surface area contributed by atoms with Gasteiger partial charge >= 0.3 is 0 Å². The van der Waals surface area contributed by atoms with Gasteiger partial charge in [-0.15, -0.1) is 0 Å². The second-order valence-corrected chi connectivity index (χ2v) is 4.78. The zero-order valence-corrected chi connectivity index (χ0v) is 10.6. The minimum atomic E-state index is 0.627. The lowest BCUT2D eigenvalue weighted by Gasteiger charge is -2.08. The number of benzene rings is 1. The Morgan fingerprint density at radius 2 is 2.22 bits per heavy atom. The van der Waals surface area contributed by atoms with Crippen molar-refractivity contribution >= 4 is 11.1 Å². The van der Waals surface area contributed by atoms with E-state index in [1.165, 1.54) is 25.7 Å². The van der Waals surface area contributed by atoms with Gasteiger partial charge in [0.15, 0.2) is 11.1 Å². The molecule has 0 aliphatic heterocycles. The predicted octanol–water partition coefficient (Wildman–Crippen LogP) is 2.87. The number of para-hydroxylation sites is 1. The number of hydrogen-bond donors (Lipinski definition) is 1. The topological polar surface area (TPSA) is 47.3 Å². The molecule has 0 spiro atoms.